The minimum absolute atomic E-state index is 0.0982. The third kappa shape index (κ3) is 7.11. The third-order valence-corrected chi connectivity index (χ3v) is 3.89. The van der Waals surface area contributed by atoms with Gasteiger partial charge in [0.1, 0.15) is 18.1 Å². The van der Waals surface area contributed by atoms with Crippen LogP contribution in [0.1, 0.15) is 32.9 Å². The Labute approximate surface area is 164 Å². The predicted octanol–water partition coefficient (Wildman–Crippen LogP) is 1.95. The fourth-order valence-corrected chi connectivity index (χ4v) is 2.36. The monoisotopic (exact) mass is 388 g/mol. The molecular weight excluding hydrogens is 360 g/mol. The first-order valence-corrected chi connectivity index (χ1v) is 9.53. The zero-order chi connectivity index (χ0) is 20.4. The molecule has 0 spiro atoms. The van der Waals surface area contributed by atoms with Gasteiger partial charge in [0.2, 0.25) is 5.91 Å². The minimum Gasteiger partial charge on any atom is -0.491 e. The summed E-state index contributed by atoms with van der Waals surface area (Å²) in [6.07, 6.45) is 0.455. The number of hydrogen-bond donors (Lipinski definition) is 2. The molecule has 2 N–H and O–H groups in total. The van der Waals surface area contributed by atoms with Crippen LogP contribution in [0.15, 0.2) is 29.1 Å². The van der Waals surface area contributed by atoms with Crippen LogP contribution in [0.5, 0.6) is 5.75 Å². The number of rotatable bonds is 11. The molecule has 1 amide bonds. The molecule has 1 aromatic carbocycles. The molecule has 0 saturated carbocycles. The topological polar surface area (TPSA) is 106 Å². The molecule has 0 radical (unpaired) electrons. The number of hydrogen-bond acceptors (Lipinski definition) is 6. The number of aryl methyl sites for hydroxylation is 1. The van der Waals surface area contributed by atoms with Crippen LogP contribution in [0.25, 0.3) is 11.4 Å². The van der Waals surface area contributed by atoms with Crippen molar-refractivity contribution in [2.24, 2.45) is 5.92 Å². The zero-order valence-electron chi connectivity index (χ0n) is 16.7. The number of H-pyrrole nitrogens is 1. The summed E-state index contributed by atoms with van der Waals surface area (Å²) < 4.78 is 10.8. The smallest absolute Gasteiger partial charge is 0.273 e. The van der Waals surface area contributed by atoms with E-state index in [4.69, 9.17) is 9.47 Å². The lowest BCUT2D eigenvalue weighted by Crippen LogP contribution is -2.28. The first-order valence-electron chi connectivity index (χ1n) is 9.53. The summed E-state index contributed by atoms with van der Waals surface area (Å²) in [4.78, 5) is 26.7. The van der Waals surface area contributed by atoms with Crippen LogP contribution in [0.4, 0.5) is 0 Å². The van der Waals surface area contributed by atoms with E-state index < -0.39 is 0 Å². The Morgan fingerprint density at radius 2 is 1.93 bits per heavy atom. The molecule has 152 valence electrons. The Balaban J connectivity index is 1.92. The number of aromatic amines is 1. The molecule has 0 fully saturated rings. The van der Waals surface area contributed by atoms with Crippen molar-refractivity contribution in [2.75, 3.05) is 26.4 Å². The number of amides is 1. The van der Waals surface area contributed by atoms with Gasteiger partial charge in [0.25, 0.3) is 5.56 Å². The van der Waals surface area contributed by atoms with Crippen molar-refractivity contribution >= 4 is 5.91 Å². The minimum atomic E-state index is -0.335. The van der Waals surface area contributed by atoms with Crippen LogP contribution in [0.2, 0.25) is 0 Å². The molecule has 0 unspecified atom stereocenters. The van der Waals surface area contributed by atoms with Crippen LogP contribution in [0, 0.1) is 5.92 Å². The van der Waals surface area contributed by atoms with E-state index in [2.05, 4.69) is 20.5 Å². The van der Waals surface area contributed by atoms with Crippen molar-refractivity contribution in [1.29, 1.82) is 0 Å². The number of nitrogens with zero attached hydrogens (tertiary/aromatic N) is 2. The summed E-state index contributed by atoms with van der Waals surface area (Å²) in [6.45, 7) is 8.27. The fourth-order valence-electron chi connectivity index (χ4n) is 2.36. The highest BCUT2D eigenvalue weighted by atomic mass is 16.5. The number of aromatic nitrogens is 3. The maximum atomic E-state index is 12.2. The molecule has 2 rings (SSSR count). The van der Waals surface area contributed by atoms with Crippen LogP contribution in [-0.2, 0) is 16.0 Å². The van der Waals surface area contributed by atoms with E-state index in [1.807, 2.05) is 20.8 Å². The van der Waals surface area contributed by atoms with Gasteiger partial charge < -0.3 is 19.8 Å². The average Bonchev–Trinajstić information content (AvgIpc) is 2.69. The molecular formula is C20H28N4O4. The van der Waals surface area contributed by atoms with Crippen LogP contribution >= 0.6 is 0 Å². The van der Waals surface area contributed by atoms with Gasteiger partial charge in [-0.2, -0.15) is 0 Å². The summed E-state index contributed by atoms with van der Waals surface area (Å²) >= 11 is 0. The largest absolute Gasteiger partial charge is 0.491 e. The number of ether oxygens (including phenoxy) is 2. The van der Waals surface area contributed by atoms with Gasteiger partial charge in [-0.3, -0.25) is 9.59 Å². The number of carbonyl (C=O) groups excluding carboxylic acids is 1. The Hall–Kier alpha value is -2.74. The molecule has 0 saturated heterocycles. The molecule has 0 aliphatic carbocycles. The Kier molecular flexibility index (Phi) is 8.61. The SMILES string of the molecule is CCOCCOc1ccc(-c2nnc(CCC(=O)NCC(C)C)c(=O)[nH]2)cc1. The lowest BCUT2D eigenvalue weighted by atomic mass is 10.2. The highest BCUT2D eigenvalue weighted by molar-refractivity contribution is 5.76. The van der Waals surface area contributed by atoms with Gasteiger partial charge >= 0.3 is 0 Å². The third-order valence-electron chi connectivity index (χ3n) is 3.89. The number of carbonyl (C=O) groups is 1. The second kappa shape index (κ2) is 11.2. The normalized spacial score (nSPS) is 10.9. The second-order valence-corrected chi connectivity index (χ2v) is 6.72. The molecule has 2 aromatic rings. The quantitative estimate of drug-likeness (QED) is 0.570. The van der Waals surface area contributed by atoms with E-state index in [0.717, 1.165) is 5.56 Å². The molecule has 8 nitrogen and oxygen atoms in total. The Morgan fingerprint density at radius 3 is 2.57 bits per heavy atom. The van der Waals surface area contributed by atoms with Gasteiger partial charge in [0.15, 0.2) is 5.82 Å². The summed E-state index contributed by atoms with van der Waals surface area (Å²) in [5.41, 5.74) is 0.640. The van der Waals surface area contributed by atoms with Crippen molar-refractivity contribution in [1.82, 2.24) is 20.5 Å². The zero-order valence-corrected chi connectivity index (χ0v) is 16.7. The lowest BCUT2D eigenvalue weighted by molar-refractivity contribution is -0.121. The van der Waals surface area contributed by atoms with E-state index in [-0.39, 0.29) is 30.0 Å². The van der Waals surface area contributed by atoms with E-state index in [1.54, 1.807) is 24.3 Å². The van der Waals surface area contributed by atoms with E-state index in [1.165, 1.54) is 0 Å². The fraction of sp³-hybridized carbons (Fsp3) is 0.500. The van der Waals surface area contributed by atoms with Crippen molar-refractivity contribution in [3.8, 4) is 17.1 Å². The van der Waals surface area contributed by atoms with Gasteiger partial charge in [0, 0.05) is 31.6 Å². The highest BCUT2D eigenvalue weighted by Crippen LogP contribution is 2.18. The van der Waals surface area contributed by atoms with E-state index in [0.29, 0.717) is 43.9 Å². The van der Waals surface area contributed by atoms with Crippen molar-refractivity contribution in [2.45, 2.75) is 33.6 Å². The Morgan fingerprint density at radius 1 is 1.18 bits per heavy atom. The molecule has 8 heteroatoms. The van der Waals surface area contributed by atoms with Gasteiger partial charge in [-0.1, -0.05) is 13.8 Å². The van der Waals surface area contributed by atoms with Crippen LogP contribution < -0.4 is 15.6 Å². The summed E-state index contributed by atoms with van der Waals surface area (Å²) in [6, 6.07) is 7.20. The van der Waals surface area contributed by atoms with Crippen molar-refractivity contribution in [3.63, 3.8) is 0 Å². The average molecular weight is 388 g/mol. The summed E-state index contributed by atoms with van der Waals surface area (Å²) in [5, 5.41) is 10.9. The summed E-state index contributed by atoms with van der Waals surface area (Å²) in [7, 11) is 0. The lowest BCUT2D eigenvalue weighted by Gasteiger charge is -2.08. The summed E-state index contributed by atoms with van der Waals surface area (Å²) in [5.74, 6) is 1.37. The first-order chi connectivity index (χ1) is 13.5. The standard InChI is InChI=1S/C20H28N4O4/c1-4-27-11-12-28-16-7-5-15(6-8-16)19-22-20(26)17(23-24-19)9-10-18(25)21-13-14(2)3/h5-8,14H,4,9-13H2,1-3H3,(H,21,25)(H,22,24,26). The molecule has 0 aliphatic heterocycles. The molecule has 1 aromatic heterocycles. The molecule has 0 aliphatic rings. The molecule has 0 atom stereocenters. The second-order valence-electron chi connectivity index (χ2n) is 6.72. The molecule has 0 bridgehead atoms. The van der Waals surface area contributed by atoms with Crippen LogP contribution in [-0.4, -0.2) is 47.5 Å². The Bertz CT molecular complexity index is 803. The maximum absolute atomic E-state index is 12.2. The van der Waals surface area contributed by atoms with Crippen molar-refractivity contribution < 1.29 is 14.3 Å². The van der Waals surface area contributed by atoms with E-state index in [9.17, 15) is 9.59 Å². The van der Waals surface area contributed by atoms with Gasteiger partial charge in [-0.25, -0.2) is 0 Å². The molecule has 1 heterocycles. The predicted molar refractivity (Wildman–Crippen MR) is 106 cm³/mol. The van der Waals surface area contributed by atoms with Crippen molar-refractivity contribution in [3.05, 3.63) is 40.3 Å². The highest BCUT2D eigenvalue weighted by Gasteiger charge is 2.10. The van der Waals surface area contributed by atoms with Gasteiger partial charge in [-0.05, 0) is 37.1 Å². The number of benzene rings is 1. The first kappa shape index (κ1) is 21.6. The van der Waals surface area contributed by atoms with Gasteiger partial charge in [0.05, 0.1) is 6.61 Å². The van der Waals surface area contributed by atoms with E-state index >= 15 is 0 Å². The molecule has 28 heavy (non-hydrogen) atoms. The maximum Gasteiger partial charge on any atom is 0.273 e. The number of nitrogens with one attached hydrogen (secondary N) is 2. The van der Waals surface area contributed by atoms with Crippen LogP contribution in [0.3, 0.4) is 0 Å². The van der Waals surface area contributed by atoms with Gasteiger partial charge in [-0.15, -0.1) is 10.2 Å².